The smallest absolute Gasteiger partial charge is 0.305 e. The van der Waals surface area contributed by atoms with Crippen molar-refractivity contribution in [1.82, 2.24) is 4.98 Å². The minimum Gasteiger partial charge on any atom is -0.508 e. The number of carbonyl (C=O) groups is 3. The van der Waals surface area contributed by atoms with Gasteiger partial charge in [-0.15, -0.1) is 11.8 Å². The first-order chi connectivity index (χ1) is 23.2. The van der Waals surface area contributed by atoms with Crippen LogP contribution in [-0.2, 0) is 14.4 Å². The van der Waals surface area contributed by atoms with Gasteiger partial charge in [0.1, 0.15) is 5.75 Å². The summed E-state index contributed by atoms with van der Waals surface area (Å²) in [5, 5.41) is 13.1. The molecule has 4 aromatic rings. The van der Waals surface area contributed by atoms with Crippen molar-refractivity contribution in [2.75, 3.05) is 23.4 Å². The van der Waals surface area contributed by atoms with Crippen molar-refractivity contribution in [1.29, 1.82) is 0 Å². The number of amides is 3. The number of aryl methyl sites for hydroxylation is 1. The molecule has 3 N–H and O–H groups in total. The number of thiazole rings is 1. The molecule has 0 radical (unpaired) electrons. The van der Waals surface area contributed by atoms with Crippen LogP contribution in [0.25, 0.3) is 0 Å². The normalized spacial score (nSPS) is 26.6. The maximum atomic E-state index is 14.0. The average Bonchev–Trinajstić information content (AvgIpc) is 3.81. The molecule has 10 nitrogen and oxygen atoms in total. The summed E-state index contributed by atoms with van der Waals surface area (Å²) in [7, 11) is 0. The summed E-state index contributed by atoms with van der Waals surface area (Å²) in [4.78, 5) is 58.5. The van der Waals surface area contributed by atoms with E-state index in [-0.39, 0.29) is 69.8 Å². The van der Waals surface area contributed by atoms with Gasteiger partial charge in [0.2, 0.25) is 11.8 Å². The topological polar surface area (TPSA) is 138 Å². The van der Waals surface area contributed by atoms with E-state index >= 15 is 0 Å². The Morgan fingerprint density at radius 3 is 2.42 bits per heavy atom. The fourth-order valence-electron chi connectivity index (χ4n) is 8.33. The molecule has 2 aliphatic carbocycles. The molecule has 4 aliphatic rings. The molecule has 3 heterocycles. The lowest BCUT2D eigenvalue weighted by Crippen LogP contribution is -2.42. The van der Waals surface area contributed by atoms with Crippen LogP contribution in [-0.4, -0.2) is 46.3 Å². The lowest BCUT2D eigenvalue weighted by atomic mass is 9.68. The van der Waals surface area contributed by atoms with E-state index in [0.29, 0.717) is 29.5 Å². The van der Waals surface area contributed by atoms with Crippen LogP contribution in [0.3, 0.4) is 0 Å². The Kier molecular flexibility index (Phi) is 7.59. The molecule has 3 fully saturated rings. The summed E-state index contributed by atoms with van der Waals surface area (Å²) in [6.07, 6.45) is 0.794. The minimum atomic E-state index is -0.397. The number of benzene rings is 3. The molecular formula is C36H33N3O7S2. The molecule has 48 heavy (non-hydrogen) atoms. The third kappa shape index (κ3) is 5.00. The molecule has 2 aliphatic heterocycles. The van der Waals surface area contributed by atoms with Crippen molar-refractivity contribution < 1.29 is 29.0 Å². The molecule has 1 aromatic heterocycles. The fourth-order valence-corrected chi connectivity index (χ4v) is 11.2. The van der Waals surface area contributed by atoms with Gasteiger partial charge in [0.05, 0.1) is 29.2 Å². The number of rotatable bonds is 8. The minimum absolute atomic E-state index is 0.0158. The SMILES string of the molecule is CCOc1cc([C@H]2c3sc(=O)[nH]c3SC3C4CC(C5C(=O)N(c6ccc(C)cc6)C(=O)C45)C32)ccc1OCC(=O)Nc1ccc(O)cc1. The van der Waals surface area contributed by atoms with E-state index in [1.165, 1.54) is 28.4 Å². The Bertz CT molecular complexity index is 1990. The van der Waals surface area contributed by atoms with Gasteiger partial charge in [-0.05, 0) is 92.1 Å². The van der Waals surface area contributed by atoms with Gasteiger partial charge >= 0.3 is 4.87 Å². The van der Waals surface area contributed by atoms with E-state index in [1.54, 1.807) is 30.0 Å². The molecule has 6 unspecified atom stereocenters. The largest absolute Gasteiger partial charge is 0.508 e. The van der Waals surface area contributed by atoms with E-state index in [2.05, 4.69) is 10.3 Å². The number of phenols is 1. The van der Waals surface area contributed by atoms with Crippen LogP contribution in [0, 0.1) is 36.5 Å². The highest BCUT2D eigenvalue weighted by Gasteiger charge is 2.69. The first-order valence-electron chi connectivity index (χ1n) is 16.0. The molecule has 3 aromatic carbocycles. The summed E-state index contributed by atoms with van der Waals surface area (Å²) >= 11 is 2.85. The Morgan fingerprint density at radius 2 is 1.69 bits per heavy atom. The van der Waals surface area contributed by atoms with Crippen molar-refractivity contribution in [2.24, 2.45) is 29.6 Å². The van der Waals surface area contributed by atoms with Crippen molar-refractivity contribution in [3.05, 3.63) is 92.4 Å². The second kappa shape index (κ2) is 11.9. The van der Waals surface area contributed by atoms with Gasteiger partial charge in [0, 0.05) is 21.7 Å². The summed E-state index contributed by atoms with van der Waals surface area (Å²) in [6, 6.07) is 19.4. The average molecular weight is 684 g/mol. The Labute approximate surface area is 284 Å². The number of imide groups is 1. The number of carbonyl (C=O) groups excluding carboxylic acids is 3. The molecular weight excluding hydrogens is 651 g/mol. The predicted octanol–water partition coefficient (Wildman–Crippen LogP) is 5.54. The maximum absolute atomic E-state index is 14.0. The van der Waals surface area contributed by atoms with Crippen LogP contribution < -0.4 is 24.6 Å². The van der Waals surface area contributed by atoms with Gasteiger partial charge in [-0.25, -0.2) is 0 Å². The van der Waals surface area contributed by atoms with E-state index < -0.39 is 5.92 Å². The second-order valence-corrected chi connectivity index (χ2v) is 15.0. The number of phenolic OH excluding ortho intramolecular Hbond substituents is 1. The second-order valence-electron chi connectivity index (χ2n) is 12.8. The highest BCUT2D eigenvalue weighted by Crippen LogP contribution is 2.68. The number of hydrogen-bond acceptors (Lipinski definition) is 9. The molecule has 1 saturated heterocycles. The summed E-state index contributed by atoms with van der Waals surface area (Å²) in [5.74, 6) is -0.540. The van der Waals surface area contributed by atoms with Crippen LogP contribution in [0.15, 0.2) is 76.6 Å². The molecule has 2 bridgehead atoms. The first kappa shape index (κ1) is 30.8. The summed E-state index contributed by atoms with van der Waals surface area (Å²) < 4.78 is 11.9. The van der Waals surface area contributed by atoms with Crippen LogP contribution in [0.1, 0.15) is 35.3 Å². The lowest BCUT2D eigenvalue weighted by molar-refractivity contribution is -0.123. The van der Waals surface area contributed by atoms with E-state index in [0.717, 1.165) is 27.5 Å². The molecule has 2 saturated carbocycles. The quantitative estimate of drug-likeness (QED) is 0.163. The van der Waals surface area contributed by atoms with Crippen LogP contribution in [0.4, 0.5) is 11.4 Å². The number of aromatic hydroxyl groups is 1. The zero-order valence-electron chi connectivity index (χ0n) is 26.2. The van der Waals surface area contributed by atoms with Gasteiger partial charge in [0.25, 0.3) is 5.91 Å². The summed E-state index contributed by atoms with van der Waals surface area (Å²) in [6.45, 7) is 3.96. The van der Waals surface area contributed by atoms with Crippen molar-refractivity contribution in [3.8, 4) is 17.2 Å². The number of aromatic nitrogens is 1. The maximum Gasteiger partial charge on any atom is 0.305 e. The van der Waals surface area contributed by atoms with Gasteiger partial charge in [-0.3, -0.25) is 24.1 Å². The predicted molar refractivity (Wildman–Crippen MR) is 182 cm³/mol. The van der Waals surface area contributed by atoms with Crippen LogP contribution in [0.5, 0.6) is 17.2 Å². The summed E-state index contributed by atoms with van der Waals surface area (Å²) in [5.41, 5.74) is 3.14. The number of ether oxygens (including phenoxy) is 2. The van der Waals surface area contributed by atoms with Gasteiger partial charge in [0.15, 0.2) is 18.1 Å². The Morgan fingerprint density at radius 1 is 0.958 bits per heavy atom. The number of aromatic amines is 1. The number of nitrogens with one attached hydrogen (secondary N) is 2. The molecule has 3 amide bonds. The van der Waals surface area contributed by atoms with Crippen molar-refractivity contribution in [3.63, 3.8) is 0 Å². The Balaban J connectivity index is 1.10. The van der Waals surface area contributed by atoms with Gasteiger partial charge in [-0.2, -0.15) is 0 Å². The molecule has 246 valence electrons. The van der Waals surface area contributed by atoms with E-state index in [4.69, 9.17) is 9.47 Å². The zero-order valence-corrected chi connectivity index (χ0v) is 27.8. The fraction of sp³-hybridized carbons (Fsp3) is 0.333. The highest BCUT2D eigenvalue weighted by atomic mass is 32.2. The Hall–Kier alpha value is -4.55. The van der Waals surface area contributed by atoms with E-state index in [9.17, 15) is 24.3 Å². The number of thioether (sulfide) groups is 1. The number of nitrogens with zero attached hydrogens (tertiary/aromatic N) is 1. The van der Waals surface area contributed by atoms with E-state index in [1.807, 2.05) is 50.2 Å². The third-order valence-corrected chi connectivity index (χ3v) is 12.7. The number of anilines is 2. The third-order valence-electron chi connectivity index (χ3n) is 10.2. The standard InChI is InChI=1S/C36H33N3O7S2/c1-3-45-25-14-18(6-13-24(25)46-16-26(41)37-19-7-11-21(40)12-8-19)27-28-22-15-23(31(28)47-33-32(27)48-36(44)38-33)30-29(22)34(42)39(35(30)43)20-9-4-17(2)5-10-20/h4-14,22-23,27-31,40H,3,15-16H2,1-2H3,(H,37,41)(H,38,44)/t22?,23?,27-,28?,29?,30?,31?/m1/s1. The number of hydrogen-bond donors (Lipinski definition) is 3. The highest BCUT2D eigenvalue weighted by molar-refractivity contribution is 8.00. The van der Waals surface area contributed by atoms with Crippen LogP contribution in [0.2, 0.25) is 0 Å². The van der Waals surface area contributed by atoms with Crippen molar-refractivity contribution in [2.45, 2.75) is 36.5 Å². The van der Waals surface area contributed by atoms with Gasteiger partial charge in [-0.1, -0.05) is 35.1 Å². The molecule has 12 heteroatoms. The molecule has 8 rings (SSSR count). The van der Waals surface area contributed by atoms with Crippen molar-refractivity contribution >= 4 is 52.2 Å². The lowest BCUT2D eigenvalue weighted by Gasteiger charge is -2.43. The molecule has 7 atom stereocenters. The monoisotopic (exact) mass is 683 g/mol. The first-order valence-corrected chi connectivity index (χ1v) is 17.7. The van der Waals surface area contributed by atoms with Crippen LogP contribution >= 0.6 is 23.1 Å². The number of H-pyrrole nitrogens is 1. The van der Waals surface area contributed by atoms with Gasteiger partial charge < -0.3 is 24.9 Å². The zero-order chi connectivity index (χ0) is 33.3. The molecule has 0 spiro atoms. The number of fused-ring (bicyclic) bond motifs is 9.